The minimum atomic E-state index is -3.33. The maximum absolute atomic E-state index is 12.4. The number of halogens is 1. The van der Waals surface area contributed by atoms with Crippen LogP contribution in [0.15, 0.2) is 48.5 Å². The zero-order chi connectivity index (χ0) is 20.0. The first kappa shape index (κ1) is 21.1. The summed E-state index contributed by atoms with van der Waals surface area (Å²) in [5.74, 6) is 0.246. The number of nitrogens with one attached hydrogen (secondary N) is 1. The van der Waals surface area contributed by atoms with Gasteiger partial charge in [-0.2, -0.15) is 0 Å². The summed E-state index contributed by atoms with van der Waals surface area (Å²) >= 11 is 6.09. The van der Waals surface area contributed by atoms with Crippen molar-refractivity contribution in [1.82, 2.24) is 5.32 Å². The molecule has 146 valence electrons. The quantitative estimate of drug-likeness (QED) is 0.725. The molecule has 1 amide bonds. The topological polar surface area (TPSA) is 75.7 Å². The summed E-state index contributed by atoms with van der Waals surface area (Å²) in [6.07, 6.45) is 0.957. The van der Waals surface area contributed by atoms with Gasteiger partial charge >= 0.3 is 0 Å². The molecule has 0 bridgehead atoms. The molecule has 2 aromatic rings. The number of hydrogen-bond donors (Lipinski definition) is 1. The monoisotopic (exact) mass is 410 g/mol. The molecule has 0 saturated carbocycles. The zero-order valence-corrected chi connectivity index (χ0v) is 17.0. The van der Waals surface area contributed by atoms with E-state index in [2.05, 4.69) is 5.32 Å². The number of rotatable bonds is 8. The maximum atomic E-state index is 12.4. The SMILES string of the molecule is CCC(Oc1ccc(N(C)S(C)(=O)=O)cc1)C(=O)NCc1ccccc1Cl. The lowest BCUT2D eigenvalue weighted by Gasteiger charge is -2.19. The Hall–Kier alpha value is -2.25. The molecule has 0 aromatic heterocycles. The third-order valence-corrected chi connectivity index (χ3v) is 5.62. The van der Waals surface area contributed by atoms with Crippen LogP contribution in [-0.2, 0) is 21.4 Å². The predicted molar refractivity (Wildman–Crippen MR) is 108 cm³/mol. The molecule has 0 fully saturated rings. The van der Waals surface area contributed by atoms with E-state index in [1.54, 1.807) is 30.3 Å². The van der Waals surface area contributed by atoms with Crippen LogP contribution in [-0.4, -0.2) is 33.7 Å². The van der Waals surface area contributed by atoms with Crippen LogP contribution in [0.3, 0.4) is 0 Å². The molecular formula is C19H23ClN2O4S. The molecule has 1 N–H and O–H groups in total. The van der Waals surface area contributed by atoms with Crippen LogP contribution in [0, 0.1) is 0 Å². The summed E-state index contributed by atoms with van der Waals surface area (Å²) in [4.78, 5) is 12.4. The van der Waals surface area contributed by atoms with Crippen molar-refractivity contribution in [2.45, 2.75) is 26.0 Å². The van der Waals surface area contributed by atoms with Gasteiger partial charge in [-0.05, 0) is 42.3 Å². The highest BCUT2D eigenvalue weighted by Crippen LogP contribution is 2.21. The molecular weight excluding hydrogens is 388 g/mol. The highest BCUT2D eigenvalue weighted by atomic mass is 35.5. The molecule has 0 heterocycles. The van der Waals surface area contributed by atoms with E-state index >= 15 is 0 Å². The fourth-order valence-corrected chi connectivity index (χ4v) is 3.06. The van der Waals surface area contributed by atoms with Gasteiger partial charge in [0.2, 0.25) is 10.0 Å². The molecule has 8 heteroatoms. The minimum absolute atomic E-state index is 0.241. The Balaban J connectivity index is 1.99. The molecule has 2 aromatic carbocycles. The fraction of sp³-hybridized carbons (Fsp3) is 0.316. The van der Waals surface area contributed by atoms with Crippen molar-refractivity contribution in [3.63, 3.8) is 0 Å². The van der Waals surface area contributed by atoms with Crippen LogP contribution in [0.2, 0.25) is 5.02 Å². The number of nitrogens with zero attached hydrogens (tertiary/aromatic N) is 1. The zero-order valence-electron chi connectivity index (χ0n) is 15.5. The van der Waals surface area contributed by atoms with Crippen LogP contribution in [0.1, 0.15) is 18.9 Å². The lowest BCUT2D eigenvalue weighted by atomic mass is 10.2. The third kappa shape index (κ3) is 5.87. The summed E-state index contributed by atoms with van der Waals surface area (Å²) in [7, 11) is -1.86. The largest absolute Gasteiger partial charge is 0.481 e. The lowest BCUT2D eigenvalue weighted by molar-refractivity contribution is -0.128. The summed E-state index contributed by atoms with van der Waals surface area (Å²) in [5.41, 5.74) is 1.34. The minimum Gasteiger partial charge on any atom is -0.481 e. The Morgan fingerprint density at radius 2 is 1.81 bits per heavy atom. The van der Waals surface area contributed by atoms with Crippen LogP contribution in [0.25, 0.3) is 0 Å². The summed E-state index contributed by atoms with van der Waals surface area (Å²) in [5, 5.41) is 3.42. The standard InChI is InChI=1S/C19H23ClN2O4S/c1-4-18(19(23)21-13-14-7-5-6-8-17(14)20)26-16-11-9-15(10-12-16)22(2)27(3,24)25/h5-12,18H,4,13H2,1-3H3,(H,21,23). The molecule has 1 unspecified atom stereocenters. The Morgan fingerprint density at radius 1 is 1.19 bits per heavy atom. The van der Waals surface area contributed by atoms with Crippen LogP contribution >= 0.6 is 11.6 Å². The number of amides is 1. The Morgan fingerprint density at radius 3 is 2.37 bits per heavy atom. The Bertz CT molecular complexity index is 885. The van der Waals surface area contributed by atoms with Crippen molar-refractivity contribution in [3.8, 4) is 5.75 Å². The second-order valence-corrected chi connectivity index (χ2v) is 8.47. The van der Waals surface area contributed by atoms with Crippen molar-refractivity contribution in [2.75, 3.05) is 17.6 Å². The smallest absolute Gasteiger partial charge is 0.261 e. The number of sulfonamides is 1. The Labute approximate surface area is 165 Å². The van der Waals surface area contributed by atoms with E-state index in [4.69, 9.17) is 16.3 Å². The average molecular weight is 411 g/mol. The number of anilines is 1. The first-order valence-corrected chi connectivity index (χ1v) is 10.7. The van der Waals surface area contributed by atoms with Gasteiger partial charge in [-0.3, -0.25) is 9.10 Å². The molecule has 1 atom stereocenters. The third-order valence-electron chi connectivity index (χ3n) is 4.05. The summed E-state index contributed by atoms with van der Waals surface area (Å²) in [6, 6.07) is 13.8. The van der Waals surface area contributed by atoms with Crippen molar-refractivity contribution in [3.05, 3.63) is 59.1 Å². The highest BCUT2D eigenvalue weighted by molar-refractivity contribution is 7.92. The normalized spacial score (nSPS) is 12.3. The number of benzene rings is 2. The second kappa shape index (κ2) is 9.10. The van der Waals surface area contributed by atoms with Crippen LogP contribution in [0.4, 0.5) is 5.69 Å². The number of carbonyl (C=O) groups excluding carboxylic acids is 1. The molecule has 27 heavy (non-hydrogen) atoms. The van der Waals surface area contributed by atoms with Gasteiger partial charge in [-0.1, -0.05) is 36.7 Å². The van der Waals surface area contributed by atoms with Crippen molar-refractivity contribution in [2.24, 2.45) is 0 Å². The number of ether oxygens (including phenoxy) is 1. The van der Waals surface area contributed by atoms with E-state index in [9.17, 15) is 13.2 Å². The van der Waals surface area contributed by atoms with E-state index in [-0.39, 0.29) is 5.91 Å². The molecule has 0 radical (unpaired) electrons. The van der Waals surface area contributed by atoms with E-state index < -0.39 is 16.1 Å². The van der Waals surface area contributed by atoms with E-state index in [0.717, 1.165) is 11.8 Å². The van der Waals surface area contributed by atoms with Crippen molar-refractivity contribution < 1.29 is 17.9 Å². The van der Waals surface area contributed by atoms with Gasteiger partial charge in [0.05, 0.1) is 11.9 Å². The molecule has 0 saturated heterocycles. The molecule has 0 aliphatic carbocycles. The Kier molecular flexibility index (Phi) is 7.10. The van der Waals surface area contributed by atoms with Crippen molar-refractivity contribution >= 4 is 33.2 Å². The summed E-state index contributed by atoms with van der Waals surface area (Å²) in [6.45, 7) is 2.17. The number of hydrogen-bond acceptors (Lipinski definition) is 4. The van der Waals surface area contributed by atoms with Gasteiger partial charge in [0.15, 0.2) is 6.10 Å². The van der Waals surface area contributed by atoms with E-state index in [1.807, 2.05) is 25.1 Å². The highest BCUT2D eigenvalue weighted by Gasteiger charge is 2.19. The van der Waals surface area contributed by atoms with Crippen molar-refractivity contribution in [1.29, 1.82) is 0 Å². The molecule has 6 nitrogen and oxygen atoms in total. The number of carbonyl (C=O) groups is 1. The van der Waals surface area contributed by atoms with E-state index in [0.29, 0.717) is 29.4 Å². The maximum Gasteiger partial charge on any atom is 0.261 e. The first-order chi connectivity index (χ1) is 12.7. The summed E-state index contributed by atoms with van der Waals surface area (Å²) < 4.78 is 30.1. The van der Waals surface area contributed by atoms with Gasteiger partial charge in [0, 0.05) is 18.6 Å². The second-order valence-electron chi connectivity index (χ2n) is 6.05. The van der Waals surface area contributed by atoms with Crippen LogP contribution in [0.5, 0.6) is 5.75 Å². The van der Waals surface area contributed by atoms with Crippen LogP contribution < -0.4 is 14.4 Å². The van der Waals surface area contributed by atoms with Gasteiger partial charge in [0.25, 0.3) is 5.91 Å². The first-order valence-electron chi connectivity index (χ1n) is 8.44. The average Bonchev–Trinajstić information content (AvgIpc) is 2.64. The van der Waals surface area contributed by atoms with Gasteiger partial charge in [-0.15, -0.1) is 0 Å². The predicted octanol–water partition coefficient (Wildman–Crippen LogP) is 3.21. The molecule has 0 spiro atoms. The van der Waals surface area contributed by atoms with Gasteiger partial charge in [0.1, 0.15) is 5.75 Å². The van der Waals surface area contributed by atoms with Gasteiger partial charge < -0.3 is 10.1 Å². The lowest BCUT2D eigenvalue weighted by Crippen LogP contribution is -2.37. The molecule has 2 rings (SSSR count). The molecule has 0 aliphatic rings. The fourth-order valence-electron chi connectivity index (χ4n) is 2.35. The van der Waals surface area contributed by atoms with Gasteiger partial charge in [-0.25, -0.2) is 8.42 Å². The van der Waals surface area contributed by atoms with E-state index in [1.165, 1.54) is 11.4 Å². The molecule has 0 aliphatic heterocycles.